The van der Waals surface area contributed by atoms with E-state index in [2.05, 4.69) is 10.2 Å². The van der Waals surface area contributed by atoms with E-state index in [4.69, 9.17) is 4.98 Å². The van der Waals surface area contributed by atoms with E-state index in [1.807, 2.05) is 11.0 Å². The van der Waals surface area contributed by atoms with E-state index in [0.29, 0.717) is 41.2 Å². The lowest BCUT2D eigenvalue weighted by molar-refractivity contribution is 0.101. The van der Waals surface area contributed by atoms with E-state index >= 15 is 0 Å². The van der Waals surface area contributed by atoms with E-state index in [0.717, 1.165) is 18.6 Å². The van der Waals surface area contributed by atoms with Gasteiger partial charge in [-0.2, -0.15) is 10.2 Å². The summed E-state index contributed by atoms with van der Waals surface area (Å²) in [6, 6.07) is 5.06. The molecule has 0 bridgehead atoms. The zero-order valence-electron chi connectivity index (χ0n) is 16.2. The van der Waals surface area contributed by atoms with Crippen LogP contribution in [0.15, 0.2) is 49.1 Å². The number of hydrogen-bond donors (Lipinski definition) is 0. The molecule has 1 atom stereocenters. The fourth-order valence-electron chi connectivity index (χ4n) is 3.94. The Bertz CT molecular complexity index is 1260. The summed E-state index contributed by atoms with van der Waals surface area (Å²) in [6.07, 6.45) is 8.08. The lowest BCUT2D eigenvalue weighted by Crippen LogP contribution is -2.24. The van der Waals surface area contributed by atoms with Crippen LogP contribution in [0, 0.1) is 11.6 Å². The number of fused-ring (bicyclic) bond motifs is 1. The predicted octanol–water partition coefficient (Wildman–Crippen LogP) is 3.74. The number of halogens is 2. The molecule has 4 aromatic rings. The van der Waals surface area contributed by atoms with Crippen molar-refractivity contribution in [3.63, 3.8) is 0 Å². The van der Waals surface area contributed by atoms with Crippen LogP contribution in [-0.2, 0) is 0 Å². The molecule has 152 valence electrons. The first-order valence-corrected chi connectivity index (χ1v) is 9.63. The molecule has 0 N–H and O–H groups in total. The topological polar surface area (TPSA) is 68.3 Å². The van der Waals surface area contributed by atoms with Gasteiger partial charge in [0.25, 0.3) is 0 Å². The first-order chi connectivity index (χ1) is 14.5. The van der Waals surface area contributed by atoms with Crippen molar-refractivity contribution in [2.45, 2.75) is 25.8 Å². The third-order valence-corrected chi connectivity index (χ3v) is 5.44. The molecule has 0 radical (unpaired) electrons. The summed E-state index contributed by atoms with van der Waals surface area (Å²) in [5, 5.41) is 8.54. The van der Waals surface area contributed by atoms with Crippen LogP contribution in [0.5, 0.6) is 0 Å². The van der Waals surface area contributed by atoms with Gasteiger partial charge in [-0.1, -0.05) is 0 Å². The minimum absolute atomic E-state index is 0.0802. The summed E-state index contributed by atoms with van der Waals surface area (Å²) >= 11 is 0. The highest BCUT2D eigenvalue weighted by Gasteiger charge is 2.30. The summed E-state index contributed by atoms with van der Waals surface area (Å²) in [4.78, 5) is 18.3. The van der Waals surface area contributed by atoms with Crippen LogP contribution < -0.4 is 4.90 Å². The molecule has 30 heavy (non-hydrogen) atoms. The van der Waals surface area contributed by atoms with Gasteiger partial charge in [-0.3, -0.25) is 4.79 Å². The number of nitrogens with zero attached hydrogens (tertiary/aromatic N) is 6. The van der Waals surface area contributed by atoms with Crippen molar-refractivity contribution in [1.29, 1.82) is 0 Å². The maximum atomic E-state index is 14.4. The molecule has 1 aromatic carbocycles. The van der Waals surface area contributed by atoms with Crippen LogP contribution in [0.3, 0.4) is 0 Å². The number of carbonyl (C=O) groups excluding carboxylic acids is 1. The molecule has 1 aliphatic heterocycles. The van der Waals surface area contributed by atoms with Crippen molar-refractivity contribution in [3.05, 3.63) is 71.8 Å². The van der Waals surface area contributed by atoms with Gasteiger partial charge in [-0.15, -0.1) is 0 Å². The Morgan fingerprint density at radius 2 is 2.03 bits per heavy atom. The Hall–Kier alpha value is -3.62. The average molecular weight is 408 g/mol. The van der Waals surface area contributed by atoms with Crippen LogP contribution in [0.2, 0.25) is 0 Å². The van der Waals surface area contributed by atoms with E-state index in [-0.39, 0.29) is 11.8 Å². The minimum atomic E-state index is -0.459. The van der Waals surface area contributed by atoms with Gasteiger partial charge in [0.1, 0.15) is 23.1 Å². The first kappa shape index (κ1) is 18.4. The molecule has 0 spiro atoms. The standard InChI is InChI=1S/C21H18F2N6O/c1-13(30)14-10-24-29(12-14)19-11-25-28-8-6-20(26-21(19)28)27-7-2-3-18(27)16-9-15(22)4-5-17(16)23/h4-6,8-12,18H,2-3,7H2,1H3. The van der Waals surface area contributed by atoms with Gasteiger partial charge >= 0.3 is 0 Å². The fraction of sp³-hybridized carbons (Fsp3) is 0.238. The number of ketones is 1. The van der Waals surface area contributed by atoms with E-state index in [9.17, 15) is 13.6 Å². The highest BCUT2D eigenvalue weighted by atomic mass is 19.1. The fourth-order valence-corrected chi connectivity index (χ4v) is 3.94. The zero-order chi connectivity index (χ0) is 20.8. The Labute approximate surface area is 170 Å². The van der Waals surface area contributed by atoms with Crippen molar-refractivity contribution in [2.75, 3.05) is 11.4 Å². The Kier molecular flexibility index (Phi) is 4.30. The third-order valence-electron chi connectivity index (χ3n) is 5.44. The molecular formula is C21H18F2N6O. The van der Waals surface area contributed by atoms with Gasteiger partial charge in [0.15, 0.2) is 11.4 Å². The molecule has 0 aliphatic carbocycles. The quantitative estimate of drug-likeness (QED) is 0.481. The zero-order valence-corrected chi connectivity index (χ0v) is 16.2. The summed E-state index contributed by atoms with van der Waals surface area (Å²) in [6.45, 7) is 2.16. The Balaban J connectivity index is 1.56. The van der Waals surface area contributed by atoms with Crippen LogP contribution in [0.25, 0.3) is 11.3 Å². The highest BCUT2D eigenvalue weighted by molar-refractivity contribution is 5.93. The van der Waals surface area contributed by atoms with Crippen LogP contribution in [0.1, 0.15) is 41.7 Å². The predicted molar refractivity (Wildman–Crippen MR) is 106 cm³/mol. The lowest BCUT2D eigenvalue weighted by Gasteiger charge is -2.26. The number of anilines is 1. The maximum absolute atomic E-state index is 14.4. The summed E-state index contributed by atoms with van der Waals surface area (Å²) in [5.74, 6) is -0.315. The molecule has 3 aromatic heterocycles. The Morgan fingerprint density at radius 1 is 1.17 bits per heavy atom. The van der Waals surface area contributed by atoms with E-state index < -0.39 is 11.6 Å². The maximum Gasteiger partial charge on any atom is 0.183 e. The average Bonchev–Trinajstić information content (AvgIpc) is 3.47. The summed E-state index contributed by atoms with van der Waals surface area (Å²) in [7, 11) is 0. The number of benzene rings is 1. The number of aromatic nitrogens is 5. The van der Waals surface area contributed by atoms with Crippen molar-refractivity contribution in [3.8, 4) is 5.69 Å². The number of hydrogen-bond acceptors (Lipinski definition) is 5. The minimum Gasteiger partial charge on any atom is -0.349 e. The van der Waals surface area contributed by atoms with Gasteiger partial charge < -0.3 is 4.90 Å². The molecule has 1 saturated heterocycles. The smallest absolute Gasteiger partial charge is 0.183 e. The number of Topliss-reactive ketones (excluding diaryl/α,β-unsaturated/α-hetero) is 1. The SMILES string of the molecule is CC(=O)c1cnn(-c2cnn3ccc(N4CCCC4c4cc(F)ccc4F)nc23)c1. The molecule has 1 unspecified atom stereocenters. The van der Waals surface area contributed by atoms with Crippen molar-refractivity contribution in [1.82, 2.24) is 24.4 Å². The van der Waals surface area contributed by atoms with Crippen LogP contribution in [0.4, 0.5) is 14.6 Å². The van der Waals surface area contributed by atoms with Crippen LogP contribution in [-0.4, -0.2) is 36.7 Å². The summed E-state index contributed by atoms with van der Waals surface area (Å²) < 4.78 is 31.3. The largest absolute Gasteiger partial charge is 0.349 e. The molecule has 9 heteroatoms. The van der Waals surface area contributed by atoms with Gasteiger partial charge in [0.05, 0.1) is 24.0 Å². The van der Waals surface area contributed by atoms with E-state index in [1.165, 1.54) is 19.2 Å². The van der Waals surface area contributed by atoms with Gasteiger partial charge in [-0.25, -0.2) is 23.0 Å². The number of rotatable bonds is 4. The molecule has 5 rings (SSSR count). The van der Waals surface area contributed by atoms with Crippen molar-refractivity contribution >= 4 is 17.2 Å². The second-order valence-corrected chi connectivity index (χ2v) is 7.33. The second kappa shape index (κ2) is 7.01. The normalized spacial score (nSPS) is 16.5. The number of carbonyl (C=O) groups is 1. The van der Waals surface area contributed by atoms with E-state index in [1.54, 1.807) is 27.8 Å². The lowest BCUT2D eigenvalue weighted by atomic mass is 10.0. The molecule has 1 fully saturated rings. The molecule has 7 nitrogen and oxygen atoms in total. The van der Waals surface area contributed by atoms with Gasteiger partial charge in [-0.05, 0) is 44.0 Å². The molecule has 0 amide bonds. The first-order valence-electron chi connectivity index (χ1n) is 9.63. The van der Waals surface area contributed by atoms with Gasteiger partial charge in [0, 0.05) is 24.5 Å². The molecule has 0 saturated carbocycles. The molecular weight excluding hydrogens is 390 g/mol. The Morgan fingerprint density at radius 3 is 2.83 bits per heavy atom. The molecule has 1 aliphatic rings. The second-order valence-electron chi connectivity index (χ2n) is 7.33. The van der Waals surface area contributed by atoms with Gasteiger partial charge in [0.2, 0.25) is 0 Å². The van der Waals surface area contributed by atoms with Crippen molar-refractivity contribution in [2.24, 2.45) is 0 Å². The van der Waals surface area contributed by atoms with Crippen LogP contribution >= 0.6 is 0 Å². The van der Waals surface area contributed by atoms with Crippen molar-refractivity contribution < 1.29 is 13.6 Å². The third kappa shape index (κ3) is 3.02. The highest BCUT2D eigenvalue weighted by Crippen LogP contribution is 2.37. The monoisotopic (exact) mass is 408 g/mol. The molecule has 4 heterocycles. The summed E-state index contributed by atoms with van der Waals surface area (Å²) in [5.41, 5.74) is 2.00.